The number of benzene rings is 2. The maximum atomic E-state index is 13.5. The highest BCUT2D eigenvalue weighted by Crippen LogP contribution is 2.35. The van der Waals surface area contributed by atoms with Crippen molar-refractivity contribution in [1.82, 2.24) is 9.97 Å². The molecule has 3 aromatic rings. The van der Waals surface area contributed by atoms with Gasteiger partial charge >= 0.3 is 0 Å². The lowest BCUT2D eigenvalue weighted by Crippen LogP contribution is -2.14. The van der Waals surface area contributed by atoms with E-state index in [1.165, 1.54) is 18.5 Å². The first kappa shape index (κ1) is 30.7. The minimum absolute atomic E-state index is 0.0117. The highest BCUT2D eigenvalue weighted by atomic mass is 35.5. The van der Waals surface area contributed by atoms with Crippen molar-refractivity contribution in [3.05, 3.63) is 47.5 Å². The van der Waals surface area contributed by atoms with Crippen LogP contribution in [0.15, 0.2) is 36.7 Å². The average molecular weight is 568 g/mol. The summed E-state index contributed by atoms with van der Waals surface area (Å²) in [7, 11) is 1.56. The number of hydrogen-bond donors (Lipinski definition) is 1. The van der Waals surface area contributed by atoms with Gasteiger partial charge in [0.15, 0.2) is 11.5 Å². The molecule has 1 aromatic heterocycles. The number of halogens is 2. The van der Waals surface area contributed by atoms with Gasteiger partial charge in [0.1, 0.15) is 24.6 Å². The molecule has 12 heteroatoms. The van der Waals surface area contributed by atoms with E-state index in [-0.39, 0.29) is 5.02 Å². The van der Waals surface area contributed by atoms with Crippen LogP contribution < -0.4 is 14.8 Å². The molecule has 0 atom stereocenters. The summed E-state index contributed by atoms with van der Waals surface area (Å²) in [4.78, 5) is 8.63. The molecule has 0 saturated heterocycles. The second-order valence-corrected chi connectivity index (χ2v) is 8.40. The standard InChI is InChI=1S/C27H35ClFN3O7/c1-3-34-6-7-35-8-9-36-10-11-37-12-13-38-14-15-39-26-17-21-24(18-25(26)33-2)30-19-31-27(21)32-20-4-5-23(29)22(28)16-20/h4-5,16-19H,3,6-15H2,1-2H3,(H,30,31,32). The number of nitrogens with one attached hydrogen (secondary N) is 1. The van der Waals surface area contributed by atoms with Crippen molar-refractivity contribution in [2.45, 2.75) is 6.92 Å². The van der Waals surface area contributed by atoms with Crippen LogP contribution in [0.1, 0.15) is 6.92 Å². The average Bonchev–Trinajstić information content (AvgIpc) is 2.94. The van der Waals surface area contributed by atoms with Crippen molar-refractivity contribution in [2.24, 2.45) is 0 Å². The van der Waals surface area contributed by atoms with Gasteiger partial charge in [-0.3, -0.25) is 0 Å². The first-order valence-corrected chi connectivity index (χ1v) is 13.1. The van der Waals surface area contributed by atoms with Gasteiger partial charge < -0.3 is 38.5 Å². The van der Waals surface area contributed by atoms with Crippen LogP contribution in [-0.4, -0.2) is 89.8 Å². The van der Waals surface area contributed by atoms with Gasteiger partial charge in [0, 0.05) is 23.7 Å². The topological polar surface area (TPSA) is 102 Å². The molecule has 10 nitrogen and oxygen atoms in total. The Bertz CT molecular complexity index is 1140. The molecule has 1 heterocycles. The summed E-state index contributed by atoms with van der Waals surface area (Å²) in [5, 5.41) is 3.86. The normalized spacial score (nSPS) is 11.2. The zero-order chi connectivity index (χ0) is 27.7. The fourth-order valence-electron chi connectivity index (χ4n) is 3.38. The highest BCUT2D eigenvalue weighted by molar-refractivity contribution is 6.31. The quantitative estimate of drug-likeness (QED) is 0.194. The Kier molecular flexibility index (Phi) is 14.0. The molecule has 0 aliphatic carbocycles. The van der Waals surface area contributed by atoms with Crippen molar-refractivity contribution >= 4 is 34.0 Å². The summed E-state index contributed by atoms with van der Waals surface area (Å²) in [6.07, 6.45) is 1.43. The van der Waals surface area contributed by atoms with E-state index in [2.05, 4.69) is 15.3 Å². The van der Waals surface area contributed by atoms with Crippen molar-refractivity contribution in [3.63, 3.8) is 0 Å². The molecule has 0 amide bonds. The van der Waals surface area contributed by atoms with E-state index in [4.69, 9.17) is 44.8 Å². The number of fused-ring (bicyclic) bond motifs is 1. The number of nitrogens with zero attached hydrogens (tertiary/aromatic N) is 2. The van der Waals surface area contributed by atoms with Crippen LogP contribution in [0, 0.1) is 5.82 Å². The lowest BCUT2D eigenvalue weighted by atomic mass is 10.2. The molecular formula is C27H35ClFN3O7. The van der Waals surface area contributed by atoms with Crippen molar-refractivity contribution < 1.29 is 37.5 Å². The van der Waals surface area contributed by atoms with Gasteiger partial charge in [0.25, 0.3) is 0 Å². The fourth-order valence-corrected chi connectivity index (χ4v) is 3.56. The van der Waals surface area contributed by atoms with E-state index in [0.717, 1.165) is 0 Å². The van der Waals surface area contributed by atoms with Crippen LogP contribution in [-0.2, 0) is 23.7 Å². The Hall–Kier alpha value is -2.80. The SMILES string of the molecule is CCOCCOCCOCCOCCOCCOc1cc2c(Nc3ccc(F)c(Cl)c3)ncnc2cc1OC. The van der Waals surface area contributed by atoms with Crippen LogP contribution in [0.25, 0.3) is 10.9 Å². The predicted octanol–water partition coefficient (Wildman–Crippen LogP) is 4.66. The Morgan fingerprint density at radius 1 is 0.769 bits per heavy atom. The summed E-state index contributed by atoms with van der Waals surface area (Å²) in [5.74, 6) is 1.06. The Balaban J connectivity index is 1.37. The molecule has 0 radical (unpaired) electrons. The van der Waals surface area contributed by atoms with E-state index >= 15 is 0 Å². The van der Waals surface area contributed by atoms with E-state index in [1.54, 1.807) is 25.3 Å². The molecule has 0 saturated carbocycles. The molecule has 0 fully saturated rings. The zero-order valence-electron chi connectivity index (χ0n) is 22.3. The van der Waals surface area contributed by atoms with Crippen molar-refractivity contribution in [1.29, 1.82) is 0 Å². The molecule has 1 N–H and O–H groups in total. The Morgan fingerprint density at radius 2 is 1.38 bits per heavy atom. The maximum absolute atomic E-state index is 13.5. The minimum atomic E-state index is -0.496. The number of methoxy groups -OCH3 is 1. The number of ether oxygens (including phenoxy) is 7. The van der Waals surface area contributed by atoms with Gasteiger partial charge in [-0.2, -0.15) is 0 Å². The van der Waals surface area contributed by atoms with Crippen molar-refractivity contribution in [2.75, 3.05) is 85.1 Å². The monoisotopic (exact) mass is 567 g/mol. The van der Waals surface area contributed by atoms with E-state index in [0.29, 0.717) is 107 Å². The molecule has 0 unspecified atom stereocenters. The molecule has 3 rings (SSSR count). The third-order valence-electron chi connectivity index (χ3n) is 5.28. The number of hydrogen-bond acceptors (Lipinski definition) is 10. The largest absolute Gasteiger partial charge is 0.493 e. The van der Waals surface area contributed by atoms with Gasteiger partial charge in [-0.1, -0.05) is 11.6 Å². The Labute approximate surface area is 232 Å². The van der Waals surface area contributed by atoms with E-state index in [9.17, 15) is 4.39 Å². The van der Waals surface area contributed by atoms with Gasteiger partial charge in [-0.15, -0.1) is 0 Å². The van der Waals surface area contributed by atoms with E-state index < -0.39 is 5.82 Å². The maximum Gasteiger partial charge on any atom is 0.162 e. The van der Waals surface area contributed by atoms with Gasteiger partial charge in [-0.25, -0.2) is 14.4 Å². The van der Waals surface area contributed by atoms with Crippen molar-refractivity contribution in [3.8, 4) is 11.5 Å². The van der Waals surface area contributed by atoms with Crippen LogP contribution >= 0.6 is 11.6 Å². The first-order chi connectivity index (χ1) is 19.1. The molecule has 0 aliphatic rings. The first-order valence-electron chi connectivity index (χ1n) is 12.7. The smallest absolute Gasteiger partial charge is 0.162 e. The van der Waals surface area contributed by atoms with Gasteiger partial charge in [-0.05, 0) is 31.2 Å². The molecule has 0 aliphatic heterocycles. The van der Waals surface area contributed by atoms with Crippen LogP contribution in [0.4, 0.5) is 15.9 Å². The minimum Gasteiger partial charge on any atom is -0.493 e. The fraction of sp³-hybridized carbons (Fsp3) is 0.481. The summed E-state index contributed by atoms with van der Waals surface area (Å²) in [6.45, 7) is 7.40. The van der Waals surface area contributed by atoms with Crippen LogP contribution in [0.3, 0.4) is 0 Å². The second-order valence-electron chi connectivity index (χ2n) is 7.99. The molecular weight excluding hydrogens is 533 g/mol. The zero-order valence-corrected chi connectivity index (χ0v) is 23.0. The molecule has 0 spiro atoms. The van der Waals surface area contributed by atoms with Gasteiger partial charge in [0.2, 0.25) is 0 Å². The third-order valence-corrected chi connectivity index (χ3v) is 5.57. The lowest BCUT2D eigenvalue weighted by Gasteiger charge is -2.14. The summed E-state index contributed by atoms with van der Waals surface area (Å²) < 4.78 is 52.0. The lowest BCUT2D eigenvalue weighted by molar-refractivity contribution is -0.0120. The molecule has 0 bridgehead atoms. The van der Waals surface area contributed by atoms with Crippen LogP contribution in [0.5, 0.6) is 11.5 Å². The molecule has 39 heavy (non-hydrogen) atoms. The number of anilines is 2. The molecule has 2 aromatic carbocycles. The second kappa shape index (κ2) is 17.7. The molecule has 214 valence electrons. The highest BCUT2D eigenvalue weighted by Gasteiger charge is 2.12. The van der Waals surface area contributed by atoms with E-state index in [1.807, 2.05) is 6.92 Å². The van der Waals surface area contributed by atoms with Crippen LogP contribution in [0.2, 0.25) is 5.02 Å². The van der Waals surface area contributed by atoms with Gasteiger partial charge in [0.05, 0.1) is 77.1 Å². The number of aromatic nitrogens is 2. The number of rotatable bonds is 20. The third kappa shape index (κ3) is 10.7. The Morgan fingerprint density at radius 3 is 1.97 bits per heavy atom. The summed E-state index contributed by atoms with van der Waals surface area (Å²) >= 11 is 5.90. The summed E-state index contributed by atoms with van der Waals surface area (Å²) in [5.41, 5.74) is 1.24. The summed E-state index contributed by atoms with van der Waals surface area (Å²) in [6, 6.07) is 7.90. The predicted molar refractivity (Wildman–Crippen MR) is 146 cm³/mol.